The third-order valence-corrected chi connectivity index (χ3v) is 3.13. The van der Waals surface area contributed by atoms with Crippen LogP contribution in [0.1, 0.15) is 19.8 Å². The fraction of sp³-hybridized carbons (Fsp3) is 0.538. The Kier molecular flexibility index (Phi) is 3.34. The molecule has 0 bridgehead atoms. The summed E-state index contributed by atoms with van der Waals surface area (Å²) in [6.45, 7) is 3.75. The second kappa shape index (κ2) is 4.74. The molecular formula is C13H19NO2. The van der Waals surface area contributed by atoms with Crippen LogP contribution in [-0.2, 0) is 0 Å². The Balaban J connectivity index is 1.97. The van der Waals surface area contributed by atoms with Gasteiger partial charge in [-0.1, -0.05) is 12.1 Å². The lowest BCUT2D eigenvalue weighted by atomic mass is 10.1. The summed E-state index contributed by atoms with van der Waals surface area (Å²) in [5.41, 5.74) is 1.14. The average molecular weight is 221 g/mol. The molecule has 0 spiro atoms. The number of rotatable bonds is 6. The van der Waals surface area contributed by atoms with Gasteiger partial charge in [0.05, 0.1) is 18.9 Å². The predicted molar refractivity (Wildman–Crippen MR) is 64.9 cm³/mol. The molecule has 0 aliphatic heterocycles. The Hall–Kier alpha value is -1.22. The van der Waals surface area contributed by atoms with Gasteiger partial charge in [-0.25, -0.2) is 0 Å². The van der Waals surface area contributed by atoms with Crippen molar-refractivity contribution < 1.29 is 9.84 Å². The van der Waals surface area contributed by atoms with Crippen LogP contribution in [0.3, 0.4) is 0 Å². The van der Waals surface area contributed by atoms with Crippen LogP contribution in [-0.4, -0.2) is 24.9 Å². The Morgan fingerprint density at radius 3 is 2.75 bits per heavy atom. The zero-order valence-corrected chi connectivity index (χ0v) is 9.70. The summed E-state index contributed by atoms with van der Waals surface area (Å²) in [4.78, 5) is 0. The molecule has 1 aliphatic rings. The Morgan fingerprint density at radius 2 is 2.12 bits per heavy atom. The van der Waals surface area contributed by atoms with Gasteiger partial charge >= 0.3 is 0 Å². The molecule has 2 N–H and O–H groups in total. The van der Waals surface area contributed by atoms with Crippen LogP contribution in [0.5, 0.6) is 5.75 Å². The lowest BCUT2D eigenvalue weighted by Gasteiger charge is -2.16. The smallest absolute Gasteiger partial charge is 0.142 e. The van der Waals surface area contributed by atoms with Gasteiger partial charge in [-0.05, 0) is 31.9 Å². The molecule has 88 valence electrons. The van der Waals surface area contributed by atoms with Crippen LogP contribution < -0.4 is 10.1 Å². The molecule has 0 heterocycles. The van der Waals surface area contributed by atoms with Crippen molar-refractivity contribution in [2.45, 2.75) is 19.8 Å². The molecule has 1 saturated carbocycles. The van der Waals surface area contributed by atoms with E-state index in [1.165, 1.54) is 0 Å². The summed E-state index contributed by atoms with van der Waals surface area (Å²) < 4.78 is 5.53. The number of hydrogen-bond acceptors (Lipinski definition) is 3. The Morgan fingerprint density at radius 1 is 1.38 bits per heavy atom. The zero-order chi connectivity index (χ0) is 11.4. The van der Waals surface area contributed by atoms with Gasteiger partial charge in [-0.2, -0.15) is 0 Å². The maximum Gasteiger partial charge on any atom is 0.142 e. The zero-order valence-electron chi connectivity index (χ0n) is 9.70. The van der Waals surface area contributed by atoms with Crippen LogP contribution in [0.25, 0.3) is 0 Å². The summed E-state index contributed by atoms with van der Waals surface area (Å²) in [5.74, 6) is 0.888. The highest BCUT2D eigenvalue weighted by Gasteiger charge is 2.41. The van der Waals surface area contributed by atoms with Crippen LogP contribution >= 0.6 is 0 Å². The van der Waals surface area contributed by atoms with E-state index in [0.29, 0.717) is 6.61 Å². The highest BCUT2D eigenvalue weighted by Crippen LogP contribution is 2.45. The van der Waals surface area contributed by atoms with Crippen molar-refractivity contribution in [2.75, 3.05) is 25.1 Å². The van der Waals surface area contributed by atoms with E-state index in [-0.39, 0.29) is 12.0 Å². The minimum atomic E-state index is 0.124. The first kappa shape index (κ1) is 11.3. The van der Waals surface area contributed by atoms with Crippen molar-refractivity contribution in [3.63, 3.8) is 0 Å². The summed E-state index contributed by atoms with van der Waals surface area (Å²) in [5, 5.41) is 12.6. The molecule has 3 heteroatoms. The largest absolute Gasteiger partial charge is 0.492 e. The number of aliphatic hydroxyl groups is 1. The Bertz CT molecular complexity index is 348. The number of nitrogens with one attached hydrogen (secondary N) is 1. The van der Waals surface area contributed by atoms with Gasteiger partial charge in [-0.3, -0.25) is 0 Å². The number of aliphatic hydroxyl groups excluding tert-OH is 1. The number of hydrogen-bond donors (Lipinski definition) is 2. The normalized spacial score (nSPS) is 16.9. The van der Waals surface area contributed by atoms with Gasteiger partial charge in [0.1, 0.15) is 5.75 Å². The quantitative estimate of drug-likeness (QED) is 0.774. The minimum absolute atomic E-state index is 0.124. The maximum absolute atomic E-state index is 9.24. The van der Waals surface area contributed by atoms with E-state index in [2.05, 4.69) is 5.32 Å². The second-order valence-electron chi connectivity index (χ2n) is 4.44. The van der Waals surface area contributed by atoms with E-state index >= 15 is 0 Å². The highest BCUT2D eigenvalue weighted by atomic mass is 16.5. The van der Waals surface area contributed by atoms with Crippen molar-refractivity contribution in [2.24, 2.45) is 5.41 Å². The molecule has 0 unspecified atom stereocenters. The van der Waals surface area contributed by atoms with E-state index < -0.39 is 0 Å². The molecule has 0 aromatic heterocycles. The molecule has 1 aromatic carbocycles. The molecule has 3 nitrogen and oxygen atoms in total. The van der Waals surface area contributed by atoms with Gasteiger partial charge in [0, 0.05) is 12.0 Å². The average Bonchev–Trinajstić information content (AvgIpc) is 3.09. The first-order valence-corrected chi connectivity index (χ1v) is 5.86. The summed E-state index contributed by atoms with van der Waals surface area (Å²) in [7, 11) is 0. The number of ether oxygens (including phenoxy) is 1. The predicted octanol–water partition coefficient (Wildman–Crippen LogP) is 2.27. The number of para-hydroxylation sites is 2. The third-order valence-electron chi connectivity index (χ3n) is 3.13. The van der Waals surface area contributed by atoms with Crippen LogP contribution in [0.15, 0.2) is 24.3 Å². The monoisotopic (exact) mass is 221 g/mol. The summed E-state index contributed by atoms with van der Waals surface area (Å²) in [6, 6.07) is 7.93. The highest BCUT2D eigenvalue weighted by molar-refractivity contribution is 5.56. The SMILES string of the molecule is CCOc1ccccc1NCC1(CO)CC1. The molecular weight excluding hydrogens is 202 g/mol. The first-order valence-electron chi connectivity index (χ1n) is 5.86. The molecule has 1 aromatic rings. The van der Waals surface area contributed by atoms with E-state index in [1.807, 2.05) is 31.2 Å². The molecule has 0 atom stereocenters. The molecule has 16 heavy (non-hydrogen) atoms. The Labute approximate surface area is 96.4 Å². The standard InChI is InChI=1S/C13H19NO2/c1-2-16-12-6-4-3-5-11(12)14-9-13(10-15)7-8-13/h3-6,14-15H,2,7-10H2,1H3. The molecule has 0 amide bonds. The van der Waals surface area contributed by atoms with Crippen LogP contribution in [0, 0.1) is 5.41 Å². The molecule has 2 rings (SSSR count). The third kappa shape index (κ3) is 2.47. The van der Waals surface area contributed by atoms with E-state index in [1.54, 1.807) is 0 Å². The van der Waals surface area contributed by atoms with Gasteiger partial charge in [0.25, 0.3) is 0 Å². The van der Waals surface area contributed by atoms with Gasteiger partial charge in [0.2, 0.25) is 0 Å². The van der Waals surface area contributed by atoms with Crippen molar-refractivity contribution in [1.29, 1.82) is 0 Å². The lowest BCUT2D eigenvalue weighted by Crippen LogP contribution is -2.19. The van der Waals surface area contributed by atoms with Gasteiger partial charge in [0.15, 0.2) is 0 Å². The molecule has 0 radical (unpaired) electrons. The van der Waals surface area contributed by atoms with Gasteiger partial charge in [-0.15, -0.1) is 0 Å². The van der Waals surface area contributed by atoms with E-state index in [0.717, 1.165) is 30.8 Å². The number of anilines is 1. The van der Waals surface area contributed by atoms with Gasteiger partial charge < -0.3 is 15.2 Å². The molecule has 1 fully saturated rings. The van der Waals surface area contributed by atoms with Crippen LogP contribution in [0.4, 0.5) is 5.69 Å². The van der Waals surface area contributed by atoms with E-state index in [4.69, 9.17) is 4.74 Å². The fourth-order valence-corrected chi connectivity index (χ4v) is 1.74. The maximum atomic E-state index is 9.24. The number of benzene rings is 1. The fourth-order valence-electron chi connectivity index (χ4n) is 1.74. The van der Waals surface area contributed by atoms with Crippen molar-refractivity contribution >= 4 is 5.69 Å². The van der Waals surface area contributed by atoms with Crippen molar-refractivity contribution in [3.8, 4) is 5.75 Å². The lowest BCUT2D eigenvalue weighted by molar-refractivity contribution is 0.219. The summed E-state index contributed by atoms with van der Waals surface area (Å²) >= 11 is 0. The van der Waals surface area contributed by atoms with Crippen molar-refractivity contribution in [3.05, 3.63) is 24.3 Å². The molecule has 1 aliphatic carbocycles. The second-order valence-corrected chi connectivity index (χ2v) is 4.44. The van der Waals surface area contributed by atoms with Crippen LogP contribution in [0.2, 0.25) is 0 Å². The summed E-state index contributed by atoms with van der Waals surface area (Å²) in [6.07, 6.45) is 2.24. The molecule has 0 saturated heterocycles. The van der Waals surface area contributed by atoms with Crippen molar-refractivity contribution in [1.82, 2.24) is 0 Å². The van der Waals surface area contributed by atoms with E-state index in [9.17, 15) is 5.11 Å². The first-order chi connectivity index (χ1) is 7.79. The topological polar surface area (TPSA) is 41.5 Å². The minimum Gasteiger partial charge on any atom is -0.492 e.